The second-order valence-corrected chi connectivity index (χ2v) is 8.48. The quantitative estimate of drug-likeness (QED) is 0.362. The van der Waals surface area contributed by atoms with Crippen LogP contribution in [0.4, 0.5) is 10.1 Å². The average Bonchev–Trinajstić information content (AvgIpc) is 3.52. The fraction of sp³-hybridized carbons (Fsp3) is 0.522. The number of carbonyl (C=O) groups excluding carboxylic acids is 1. The second-order valence-electron chi connectivity index (χ2n) is 8.48. The Kier molecular flexibility index (Phi) is 8.24. The largest absolute Gasteiger partial charge is 0.396 e. The van der Waals surface area contributed by atoms with Crippen molar-refractivity contribution in [3.05, 3.63) is 45.8 Å². The van der Waals surface area contributed by atoms with Gasteiger partial charge in [-0.1, -0.05) is 26.8 Å². The summed E-state index contributed by atoms with van der Waals surface area (Å²) in [6.07, 6.45) is 7.08. The minimum atomic E-state index is -1.13. The number of amides is 1. The van der Waals surface area contributed by atoms with E-state index >= 15 is 0 Å². The number of carbonyl (C=O) groups is 1. The van der Waals surface area contributed by atoms with E-state index in [0.717, 1.165) is 6.20 Å². The van der Waals surface area contributed by atoms with Gasteiger partial charge in [0.15, 0.2) is 0 Å². The van der Waals surface area contributed by atoms with Crippen molar-refractivity contribution in [2.75, 3.05) is 5.73 Å². The fourth-order valence-electron chi connectivity index (χ4n) is 3.04. The Morgan fingerprint density at radius 1 is 1.34 bits per heavy atom. The maximum atomic E-state index is 13.7. The highest BCUT2D eigenvalue weighted by Crippen LogP contribution is 2.42. The maximum absolute atomic E-state index is 13.7. The van der Waals surface area contributed by atoms with Gasteiger partial charge in [0.25, 0.3) is 11.5 Å². The Morgan fingerprint density at radius 3 is 2.53 bits per heavy atom. The van der Waals surface area contributed by atoms with Gasteiger partial charge in [0.1, 0.15) is 17.2 Å². The van der Waals surface area contributed by atoms with E-state index in [-0.39, 0.29) is 29.0 Å². The zero-order valence-electron chi connectivity index (χ0n) is 19.6. The lowest BCUT2D eigenvalue weighted by atomic mass is 10.1. The Balaban J connectivity index is 2.43. The minimum Gasteiger partial charge on any atom is -0.396 e. The molecule has 32 heavy (non-hydrogen) atoms. The zero-order valence-corrected chi connectivity index (χ0v) is 19.6. The van der Waals surface area contributed by atoms with E-state index in [1.165, 1.54) is 17.0 Å². The summed E-state index contributed by atoms with van der Waals surface area (Å²) in [5.74, 6) is -0.777. The van der Waals surface area contributed by atoms with Gasteiger partial charge in [-0.05, 0) is 52.0 Å². The van der Waals surface area contributed by atoms with Gasteiger partial charge in [0, 0.05) is 12.3 Å². The molecule has 1 aromatic heterocycles. The number of hydrogen-bond acceptors (Lipinski definition) is 6. The normalized spacial score (nSPS) is 16.5. The van der Waals surface area contributed by atoms with Gasteiger partial charge in [-0.15, -0.1) is 0 Å². The van der Waals surface area contributed by atoms with E-state index in [2.05, 4.69) is 20.4 Å². The highest BCUT2D eigenvalue weighted by atomic mass is 19.1. The molecule has 0 aromatic carbocycles. The lowest BCUT2D eigenvalue weighted by molar-refractivity contribution is -0.124. The number of amidine groups is 1. The summed E-state index contributed by atoms with van der Waals surface area (Å²) in [4.78, 5) is 34.5. The number of nitrogens with one attached hydrogen (secondary N) is 1. The molecule has 1 amide bonds. The summed E-state index contributed by atoms with van der Waals surface area (Å²) >= 11 is 0. The number of aromatic nitrogens is 2. The molecule has 1 aromatic rings. The molecule has 0 atom stereocenters. The first-order valence-electron chi connectivity index (χ1n) is 10.9. The van der Waals surface area contributed by atoms with Crippen LogP contribution in [0.25, 0.3) is 0 Å². The first-order valence-corrected chi connectivity index (χ1v) is 10.9. The third-order valence-electron chi connectivity index (χ3n) is 4.99. The van der Waals surface area contributed by atoms with Crippen LogP contribution in [0.2, 0.25) is 0 Å². The standard InChI is InChI=1S/C23H33FN6O2/c1-7-8-9-17(24)12-27-16(6)28-22(32)23(10-11-23)30-21(31)18(13-26-15(4)5)19(25)20(29-30)14(2)3/h8-9,12-15H,7,10-11,25H2,1-6H3,(H,27,28,32)/b9-8+,17-12+,26-13?. The molecule has 9 heteroatoms. The molecule has 2 rings (SSSR count). The molecule has 1 fully saturated rings. The first-order chi connectivity index (χ1) is 15.0. The number of anilines is 1. The van der Waals surface area contributed by atoms with Crippen molar-refractivity contribution in [3.8, 4) is 0 Å². The van der Waals surface area contributed by atoms with E-state index in [0.29, 0.717) is 25.0 Å². The van der Waals surface area contributed by atoms with Crippen molar-refractivity contribution in [2.24, 2.45) is 9.98 Å². The molecule has 0 unspecified atom stereocenters. The molecule has 0 saturated heterocycles. The van der Waals surface area contributed by atoms with Gasteiger partial charge in [0.2, 0.25) is 0 Å². The monoisotopic (exact) mass is 444 g/mol. The summed E-state index contributed by atoms with van der Waals surface area (Å²) < 4.78 is 14.9. The van der Waals surface area contributed by atoms with Crippen LogP contribution in [0.3, 0.4) is 0 Å². The van der Waals surface area contributed by atoms with Gasteiger partial charge in [0.05, 0.1) is 23.1 Å². The van der Waals surface area contributed by atoms with Gasteiger partial charge in [-0.3, -0.25) is 14.6 Å². The molecular formula is C23H33FN6O2. The zero-order chi connectivity index (χ0) is 24.1. The highest BCUT2D eigenvalue weighted by molar-refractivity contribution is 6.02. The van der Waals surface area contributed by atoms with E-state index in [1.54, 1.807) is 13.0 Å². The minimum absolute atomic E-state index is 0.0180. The Bertz CT molecular complexity index is 1030. The van der Waals surface area contributed by atoms with E-state index < -0.39 is 22.8 Å². The third kappa shape index (κ3) is 5.77. The molecule has 1 aliphatic rings. The van der Waals surface area contributed by atoms with Crippen molar-refractivity contribution in [3.63, 3.8) is 0 Å². The van der Waals surface area contributed by atoms with Crippen LogP contribution in [0, 0.1) is 0 Å². The van der Waals surface area contributed by atoms with Crippen molar-refractivity contribution in [2.45, 2.75) is 78.3 Å². The number of hydrogen-bond donors (Lipinski definition) is 2. The molecule has 0 spiro atoms. The smallest absolute Gasteiger partial charge is 0.278 e. The van der Waals surface area contributed by atoms with Crippen LogP contribution in [0.15, 0.2) is 39.0 Å². The van der Waals surface area contributed by atoms with Gasteiger partial charge >= 0.3 is 0 Å². The molecule has 0 aliphatic heterocycles. The molecule has 1 heterocycles. The number of allylic oxidation sites excluding steroid dienone is 3. The molecule has 1 saturated carbocycles. The highest BCUT2D eigenvalue weighted by Gasteiger charge is 2.54. The van der Waals surface area contributed by atoms with Gasteiger partial charge in [-0.2, -0.15) is 5.10 Å². The van der Waals surface area contributed by atoms with Crippen molar-refractivity contribution in [1.29, 1.82) is 0 Å². The third-order valence-corrected chi connectivity index (χ3v) is 4.99. The van der Waals surface area contributed by atoms with E-state index in [1.807, 2.05) is 34.6 Å². The predicted molar refractivity (Wildman–Crippen MR) is 127 cm³/mol. The summed E-state index contributed by atoms with van der Waals surface area (Å²) in [5.41, 5.74) is 5.68. The van der Waals surface area contributed by atoms with E-state index in [4.69, 9.17) is 5.73 Å². The van der Waals surface area contributed by atoms with Crippen molar-refractivity contribution < 1.29 is 9.18 Å². The van der Waals surface area contributed by atoms with Gasteiger partial charge < -0.3 is 11.1 Å². The van der Waals surface area contributed by atoms with Crippen LogP contribution in [-0.2, 0) is 10.3 Å². The number of aliphatic imine (C=N–C) groups is 2. The van der Waals surface area contributed by atoms with Crippen molar-refractivity contribution >= 4 is 23.6 Å². The average molecular weight is 445 g/mol. The summed E-state index contributed by atoms with van der Waals surface area (Å²) in [5, 5.41) is 7.13. The van der Waals surface area contributed by atoms with Crippen LogP contribution >= 0.6 is 0 Å². The lowest BCUT2D eigenvalue weighted by Crippen LogP contribution is -2.47. The molecular weight excluding hydrogens is 411 g/mol. The Morgan fingerprint density at radius 2 is 2.00 bits per heavy atom. The maximum Gasteiger partial charge on any atom is 0.278 e. The second kappa shape index (κ2) is 10.5. The molecule has 0 radical (unpaired) electrons. The summed E-state index contributed by atoms with van der Waals surface area (Å²) in [6.45, 7) is 11.1. The summed E-state index contributed by atoms with van der Waals surface area (Å²) in [7, 11) is 0. The molecule has 174 valence electrons. The van der Waals surface area contributed by atoms with Crippen LogP contribution in [-0.4, -0.2) is 33.8 Å². The van der Waals surface area contributed by atoms with Crippen LogP contribution < -0.4 is 16.6 Å². The Labute approximate surface area is 188 Å². The Hall–Kier alpha value is -3.10. The predicted octanol–water partition coefficient (Wildman–Crippen LogP) is 3.58. The van der Waals surface area contributed by atoms with Crippen molar-refractivity contribution in [1.82, 2.24) is 15.1 Å². The number of nitrogens with two attached hydrogens (primary N) is 1. The van der Waals surface area contributed by atoms with E-state index in [9.17, 15) is 14.0 Å². The topological polar surface area (TPSA) is 115 Å². The SMILES string of the molecule is CC/C=C/C(F)=C\N=C(C)NC(=O)C1(n2nc(C(C)C)c(N)c(C=NC(C)C)c2=O)CC1. The molecule has 8 nitrogen and oxygen atoms in total. The number of nitrogen functional groups attached to an aromatic ring is 1. The first kappa shape index (κ1) is 25.2. The number of rotatable bonds is 8. The number of halogens is 1. The van der Waals surface area contributed by atoms with Crippen LogP contribution in [0.5, 0.6) is 0 Å². The van der Waals surface area contributed by atoms with Crippen LogP contribution in [0.1, 0.15) is 78.0 Å². The number of nitrogens with zero attached hydrogens (tertiary/aromatic N) is 4. The lowest BCUT2D eigenvalue weighted by Gasteiger charge is -2.21. The van der Waals surface area contributed by atoms with Gasteiger partial charge in [-0.25, -0.2) is 14.1 Å². The summed E-state index contributed by atoms with van der Waals surface area (Å²) in [6, 6.07) is -0.0180. The molecule has 3 N–H and O–H groups in total. The molecule has 1 aliphatic carbocycles. The molecule has 0 bridgehead atoms. The fourth-order valence-corrected chi connectivity index (χ4v) is 3.04.